The summed E-state index contributed by atoms with van der Waals surface area (Å²) in [7, 11) is 3.12. The lowest BCUT2D eigenvalue weighted by molar-refractivity contribution is -0.115. The van der Waals surface area contributed by atoms with E-state index in [1.54, 1.807) is 38.5 Å². The van der Waals surface area contributed by atoms with Crippen molar-refractivity contribution < 1.29 is 19.0 Å². The largest absolute Gasteiger partial charge is 0.493 e. The van der Waals surface area contributed by atoms with Crippen LogP contribution in [-0.2, 0) is 4.79 Å². The van der Waals surface area contributed by atoms with Crippen LogP contribution >= 0.6 is 12.2 Å². The molecule has 0 saturated heterocycles. The van der Waals surface area contributed by atoms with Crippen LogP contribution in [0.2, 0.25) is 0 Å². The van der Waals surface area contributed by atoms with Gasteiger partial charge in [0.05, 0.1) is 14.2 Å². The highest BCUT2D eigenvalue weighted by Gasteiger charge is 2.05. The maximum atomic E-state index is 12.1. The Bertz CT molecular complexity index is 925. The first-order chi connectivity index (χ1) is 13.9. The van der Waals surface area contributed by atoms with E-state index in [4.69, 9.17) is 26.4 Å². The van der Waals surface area contributed by atoms with Crippen LogP contribution in [0.25, 0.3) is 6.08 Å². The van der Waals surface area contributed by atoms with Gasteiger partial charge in [-0.05, 0) is 60.6 Å². The highest BCUT2D eigenvalue weighted by atomic mass is 32.1. The molecule has 0 aliphatic heterocycles. The van der Waals surface area contributed by atoms with E-state index >= 15 is 0 Å². The fourth-order valence-electron chi connectivity index (χ4n) is 2.31. The second-order valence-electron chi connectivity index (χ2n) is 6.16. The molecule has 2 rings (SSSR count). The third kappa shape index (κ3) is 7.31. The molecule has 0 aliphatic carbocycles. The first kappa shape index (κ1) is 22.0. The fourth-order valence-corrected chi connectivity index (χ4v) is 2.53. The van der Waals surface area contributed by atoms with E-state index in [1.165, 1.54) is 6.08 Å². The molecular weight excluding hydrogens is 388 g/mol. The number of amides is 1. The number of rotatable bonds is 8. The van der Waals surface area contributed by atoms with Gasteiger partial charge in [0.25, 0.3) is 0 Å². The van der Waals surface area contributed by atoms with E-state index in [0.717, 1.165) is 11.1 Å². The lowest BCUT2D eigenvalue weighted by Gasteiger charge is -2.11. The van der Waals surface area contributed by atoms with Crippen LogP contribution in [0.4, 0.5) is 5.69 Å². The SMILES string of the molecule is C=C(C)COc1cccc(NC(=S)NC(=O)/C=C/c2ccc(OC)c(OC)c2)c1. The third-order valence-electron chi connectivity index (χ3n) is 3.65. The minimum absolute atomic E-state index is 0.184. The Morgan fingerprint density at radius 2 is 1.90 bits per heavy atom. The molecule has 152 valence electrons. The van der Waals surface area contributed by atoms with Crippen molar-refractivity contribution in [3.63, 3.8) is 0 Å². The molecule has 0 radical (unpaired) electrons. The lowest BCUT2D eigenvalue weighted by atomic mass is 10.2. The second kappa shape index (κ2) is 10.9. The number of anilines is 1. The van der Waals surface area contributed by atoms with E-state index in [-0.39, 0.29) is 11.0 Å². The standard InChI is InChI=1S/C22H24N2O4S/c1-15(2)14-28-18-7-5-6-17(13-18)23-22(29)24-21(25)11-9-16-8-10-19(26-3)20(12-16)27-4/h5-13H,1,14H2,2-4H3,(H2,23,24,25,29)/b11-9+. The van der Waals surface area contributed by atoms with Crippen molar-refractivity contribution in [3.8, 4) is 17.2 Å². The molecule has 7 heteroatoms. The molecule has 1 amide bonds. The molecule has 2 aromatic carbocycles. The monoisotopic (exact) mass is 412 g/mol. The number of methoxy groups -OCH3 is 2. The van der Waals surface area contributed by atoms with Gasteiger partial charge >= 0.3 is 0 Å². The lowest BCUT2D eigenvalue weighted by Crippen LogP contribution is -2.32. The minimum atomic E-state index is -0.355. The average molecular weight is 413 g/mol. The second-order valence-corrected chi connectivity index (χ2v) is 6.57. The summed E-state index contributed by atoms with van der Waals surface area (Å²) in [5.74, 6) is 1.53. The molecule has 29 heavy (non-hydrogen) atoms. The van der Waals surface area contributed by atoms with Crippen molar-refractivity contribution in [2.24, 2.45) is 0 Å². The molecule has 0 unspecified atom stereocenters. The molecule has 0 aromatic heterocycles. The van der Waals surface area contributed by atoms with E-state index in [2.05, 4.69) is 17.2 Å². The quantitative estimate of drug-likeness (QED) is 0.385. The third-order valence-corrected chi connectivity index (χ3v) is 3.85. The number of ether oxygens (including phenoxy) is 3. The Hall–Kier alpha value is -3.32. The van der Waals surface area contributed by atoms with Crippen LogP contribution in [0.3, 0.4) is 0 Å². The number of hydrogen-bond acceptors (Lipinski definition) is 5. The maximum Gasteiger partial charge on any atom is 0.250 e. The molecule has 0 heterocycles. The molecule has 0 atom stereocenters. The normalized spacial score (nSPS) is 10.3. The van der Waals surface area contributed by atoms with Crippen LogP contribution in [0.5, 0.6) is 17.2 Å². The molecule has 0 spiro atoms. The number of benzene rings is 2. The zero-order chi connectivity index (χ0) is 21.2. The van der Waals surface area contributed by atoms with Gasteiger partial charge in [-0.3, -0.25) is 10.1 Å². The number of carbonyl (C=O) groups excluding carboxylic acids is 1. The van der Waals surface area contributed by atoms with Crippen molar-refractivity contribution >= 4 is 35.0 Å². The highest BCUT2D eigenvalue weighted by Crippen LogP contribution is 2.27. The Morgan fingerprint density at radius 1 is 1.14 bits per heavy atom. The summed E-state index contributed by atoms with van der Waals surface area (Å²) in [6, 6.07) is 12.6. The first-order valence-corrected chi connectivity index (χ1v) is 9.21. The predicted octanol–water partition coefficient (Wildman–Crippen LogP) is 4.19. The van der Waals surface area contributed by atoms with Crippen LogP contribution in [-0.4, -0.2) is 31.8 Å². The molecule has 0 fully saturated rings. The van der Waals surface area contributed by atoms with Crippen LogP contribution in [0.1, 0.15) is 12.5 Å². The Labute approximate surface area is 176 Å². The smallest absolute Gasteiger partial charge is 0.250 e. The molecular formula is C22H24N2O4S. The zero-order valence-corrected chi connectivity index (χ0v) is 17.5. The van der Waals surface area contributed by atoms with E-state index in [0.29, 0.717) is 29.5 Å². The number of hydrogen-bond donors (Lipinski definition) is 2. The van der Waals surface area contributed by atoms with Gasteiger partial charge in [-0.25, -0.2) is 0 Å². The average Bonchev–Trinajstić information content (AvgIpc) is 2.70. The topological polar surface area (TPSA) is 68.8 Å². The minimum Gasteiger partial charge on any atom is -0.493 e. The highest BCUT2D eigenvalue weighted by molar-refractivity contribution is 7.80. The molecule has 2 N–H and O–H groups in total. The van der Waals surface area contributed by atoms with Crippen molar-refractivity contribution in [1.29, 1.82) is 0 Å². The van der Waals surface area contributed by atoms with Gasteiger partial charge in [0.15, 0.2) is 16.6 Å². The molecule has 6 nitrogen and oxygen atoms in total. The van der Waals surface area contributed by atoms with Crippen LogP contribution < -0.4 is 24.8 Å². The summed E-state index contributed by atoms with van der Waals surface area (Å²) in [4.78, 5) is 12.1. The van der Waals surface area contributed by atoms with E-state index in [1.807, 2.05) is 31.2 Å². The van der Waals surface area contributed by atoms with Gasteiger partial charge in [-0.1, -0.05) is 18.7 Å². The van der Waals surface area contributed by atoms with Crippen LogP contribution in [0, 0.1) is 0 Å². The number of carbonyl (C=O) groups is 1. The summed E-state index contributed by atoms with van der Waals surface area (Å²) >= 11 is 5.20. The van der Waals surface area contributed by atoms with Gasteiger partial charge in [-0.2, -0.15) is 0 Å². The summed E-state index contributed by atoms with van der Waals surface area (Å²) < 4.78 is 16.0. The number of thiocarbonyl (C=S) groups is 1. The molecule has 0 bridgehead atoms. The Kier molecular flexibility index (Phi) is 8.24. The van der Waals surface area contributed by atoms with Gasteiger partial charge in [0.1, 0.15) is 12.4 Å². The summed E-state index contributed by atoms with van der Waals surface area (Å²) in [6.45, 7) is 6.13. The maximum absolute atomic E-state index is 12.1. The zero-order valence-electron chi connectivity index (χ0n) is 16.7. The molecule has 0 saturated carbocycles. The van der Waals surface area contributed by atoms with E-state index in [9.17, 15) is 4.79 Å². The van der Waals surface area contributed by atoms with Gasteiger partial charge in [-0.15, -0.1) is 0 Å². The first-order valence-electron chi connectivity index (χ1n) is 8.80. The molecule has 0 aliphatic rings. The Balaban J connectivity index is 1.92. The van der Waals surface area contributed by atoms with Crippen LogP contribution in [0.15, 0.2) is 60.7 Å². The fraction of sp³-hybridized carbons (Fsp3) is 0.182. The van der Waals surface area contributed by atoms with E-state index < -0.39 is 0 Å². The van der Waals surface area contributed by atoms with Crippen molar-refractivity contribution in [2.45, 2.75) is 6.92 Å². The number of nitrogens with one attached hydrogen (secondary N) is 2. The summed E-state index contributed by atoms with van der Waals surface area (Å²) in [5.41, 5.74) is 2.42. The van der Waals surface area contributed by atoms with Gasteiger partial charge < -0.3 is 19.5 Å². The van der Waals surface area contributed by atoms with Crippen molar-refractivity contribution in [2.75, 3.05) is 26.1 Å². The van der Waals surface area contributed by atoms with Gasteiger partial charge in [0, 0.05) is 17.8 Å². The van der Waals surface area contributed by atoms with Crippen molar-refractivity contribution in [3.05, 3.63) is 66.3 Å². The molecule has 2 aromatic rings. The summed E-state index contributed by atoms with van der Waals surface area (Å²) in [6.07, 6.45) is 3.05. The Morgan fingerprint density at radius 3 is 2.59 bits per heavy atom. The summed E-state index contributed by atoms with van der Waals surface area (Å²) in [5, 5.41) is 5.75. The van der Waals surface area contributed by atoms with Gasteiger partial charge in [0.2, 0.25) is 5.91 Å². The predicted molar refractivity (Wildman–Crippen MR) is 120 cm³/mol. The van der Waals surface area contributed by atoms with Crippen molar-refractivity contribution in [1.82, 2.24) is 5.32 Å².